The molecule has 0 spiro atoms. The molecule has 1 aromatic heterocycles. The number of alkyl carbamates (subject to hydrolysis) is 1. The van der Waals surface area contributed by atoms with Gasteiger partial charge in [-0.05, 0) is 55.5 Å². The summed E-state index contributed by atoms with van der Waals surface area (Å²) in [5.74, 6) is 1.90. The summed E-state index contributed by atoms with van der Waals surface area (Å²) in [5.41, 5.74) is 2.56. The topological polar surface area (TPSA) is 106 Å². The Morgan fingerprint density at radius 2 is 2.11 bits per heavy atom. The number of para-hydroxylation sites is 1. The number of hydrogen-bond acceptors (Lipinski definition) is 8. The van der Waals surface area contributed by atoms with Crippen molar-refractivity contribution >= 4 is 22.8 Å². The Morgan fingerprint density at radius 1 is 1.22 bits per heavy atom. The van der Waals surface area contributed by atoms with Crippen LogP contribution >= 0.6 is 0 Å². The first-order valence-electron chi connectivity index (χ1n) is 12.5. The lowest BCUT2D eigenvalue weighted by molar-refractivity contribution is -0.0907. The number of rotatable bonds is 5. The summed E-state index contributed by atoms with van der Waals surface area (Å²) in [6, 6.07) is 13.3. The number of benzene rings is 2. The standard InChI is InChI=1S/C27H30N4O5.5H2/c1-16-6-7-18-21(12-16)29-24(19-4-2-3-5-22(19)32)30-25(18)31-10-8-17(14-31)13-28-27(33)36-23-15-35-26-20(23)9-11-34-26;;;;;/h2-7,12,17,20,23,26,32H,8-11,13-15H2,1H3,(H,28,33);5*1H/t17-,20?,23+,26?;;;;;/m0...../s1. The molecule has 9 nitrogen and oxygen atoms in total. The predicted octanol–water partition coefficient (Wildman–Crippen LogP) is 4.85. The molecule has 198 valence electrons. The number of phenols is 1. The van der Waals surface area contributed by atoms with E-state index in [9.17, 15) is 9.90 Å². The molecule has 9 heteroatoms. The molecule has 3 fully saturated rings. The van der Waals surface area contributed by atoms with Gasteiger partial charge < -0.3 is 29.5 Å². The number of nitrogens with one attached hydrogen (secondary N) is 1. The van der Waals surface area contributed by atoms with Gasteiger partial charge in [-0.2, -0.15) is 0 Å². The van der Waals surface area contributed by atoms with Crippen LogP contribution in [0.15, 0.2) is 42.5 Å². The number of aromatic nitrogens is 2. The van der Waals surface area contributed by atoms with Gasteiger partial charge in [0.1, 0.15) is 17.7 Å². The van der Waals surface area contributed by atoms with E-state index in [2.05, 4.69) is 22.3 Å². The van der Waals surface area contributed by atoms with Crippen LogP contribution in [0.4, 0.5) is 10.6 Å². The van der Waals surface area contributed by atoms with Crippen molar-refractivity contribution in [2.24, 2.45) is 11.8 Å². The molecule has 6 rings (SSSR count). The SMILES string of the molecule is Cc1ccc2c(N3CC[C@@H](CNC(=O)O[C@@H]4COC5OCCC54)C3)nc(-c3ccccc3O)nc2c1.[HH].[HH].[HH].[HH].[HH]. The van der Waals surface area contributed by atoms with Crippen LogP contribution in [0, 0.1) is 18.8 Å². The van der Waals surface area contributed by atoms with Gasteiger partial charge in [0, 0.05) is 32.2 Å². The summed E-state index contributed by atoms with van der Waals surface area (Å²) in [4.78, 5) is 24.3. The molecular formula is C27H40N4O5. The lowest BCUT2D eigenvalue weighted by atomic mass is 10.0. The molecule has 2 aromatic carbocycles. The van der Waals surface area contributed by atoms with E-state index in [0.717, 1.165) is 48.2 Å². The summed E-state index contributed by atoms with van der Waals surface area (Å²) in [6.07, 6.45) is 0.894. The van der Waals surface area contributed by atoms with Gasteiger partial charge in [-0.15, -0.1) is 0 Å². The number of amides is 1. The van der Waals surface area contributed by atoms with E-state index >= 15 is 0 Å². The maximum absolute atomic E-state index is 12.4. The molecule has 3 saturated heterocycles. The minimum atomic E-state index is -0.403. The summed E-state index contributed by atoms with van der Waals surface area (Å²) < 4.78 is 16.7. The van der Waals surface area contributed by atoms with Gasteiger partial charge in [0.2, 0.25) is 0 Å². The second kappa shape index (κ2) is 9.55. The van der Waals surface area contributed by atoms with E-state index in [0.29, 0.717) is 31.1 Å². The molecule has 1 amide bonds. The van der Waals surface area contributed by atoms with Gasteiger partial charge in [0.05, 0.1) is 30.2 Å². The Bertz CT molecular complexity index is 1310. The molecule has 2 unspecified atom stereocenters. The average molecular weight is 501 g/mol. The lowest BCUT2D eigenvalue weighted by Gasteiger charge is -2.21. The fraction of sp³-hybridized carbons (Fsp3) is 0.444. The zero-order valence-corrected chi connectivity index (χ0v) is 20.2. The fourth-order valence-corrected chi connectivity index (χ4v) is 5.39. The summed E-state index contributed by atoms with van der Waals surface area (Å²) >= 11 is 0. The first-order chi connectivity index (χ1) is 17.5. The van der Waals surface area contributed by atoms with E-state index in [-0.39, 0.29) is 37.1 Å². The lowest BCUT2D eigenvalue weighted by Crippen LogP contribution is -2.36. The van der Waals surface area contributed by atoms with Gasteiger partial charge >= 0.3 is 6.09 Å². The van der Waals surface area contributed by atoms with Crippen LogP contribution in [0.1, 0.15) is 25.5 Å². The summed E-state index contributed by atoms with van der Waals surface area (Å²) in [5, 5.41) is 14.3. The largest absolute Gasteiger partial charge is 0.507 e. The average Bonchev–Trinajstić information content (AvgIpc) is 3.61. The predicted molar refractivity (Wildman–Crippen MR) is 144 cm³/mol. The number of hydrogen-bond donors (Lipinski definition) is 2. The monoisotopic (exact) mass is 500 g/mol. The van der Waals surface area contributed by atoms with Crippen LogP contribution in [0.2, 0.25) is 0 Å². The van der Waals surface area contributed by atoms with E-state index in [4.69, 9.17) is 24.2 Å². The highest BCUT2D eigenvalue weighted by Gasteiger charge is 2.43. The number of carbonyl (C=O) groups is 1. The highest BCUT2D eigenvalue weighted by molar-refractivity contribution is 5.92. The third-order valence-electron chi connectivity index (χ3n) is 7.34. The van der Waals surface area contributed by atoms with Crippen LogP contribution in [0.5, 0.6) is 5.75 Å². The molecule has 0 bridgehead atoms. The Kier molecular flexibility index (Phi) is 6.10. The number of carbonyl (C=O) groups excluding carboxylic acids is 1. The normalized spacial score (nSPS) is 25.3. The number of phenolic OH excluding ortho intramolecular Hbond substituents is 1. The highest BCUT2D eigenvalue weighted by atomic mass is 16.7. The van der Waals surface area contributed by atoms with Crippen LogP contribution in [-0.4, -0.2) is 66.4 Å². The summed E-state index contributed by atoms with van der Waals surface area (Å²) in [6.45, 7) is 5.18. The van der Waals surface area contributed by atoms with Crippen molar-refractivity contribution in [3.63, 3.8) is 0 Å². The van der Waals surface area contributed by atoms with Crippen molar-refractivity contribution in [2.75, 3.05) is 37.7 Å². The van der Waals surface area contributed by atoms with Crippen molar-refractivity contribution in [1.82, 2.24) is 15.3 Å². The Hall–Kier alpha value is -3.43. The van der Waals surface area contributed by atoms with Crippen molar-refractivity contribution in [3.8, 4) is 17.1 Å². The molecule has 0 aliphatic carbocycles. The van der Waals surface area contributed by atoms with E-state index in [1.165, 1.54) is 0 Å². The smallest absolute Gasteiger partial charge is 0.407 e. The Morgan fingerprint density at radius 3 is 3.00 bits per heavy atom. The van der Waals surface area contributed by atoms with Crippen molar-refractivity contribution in [2.45, 2.75) is 32.2 Å². The molecular weight excluding hydrogens is 460 g/mol. The molecule has 3 aromatic rings. The minimum Gasteiger partial charge on any atom is -0.507 e. The van der Waals surface area contributed by atoms with Gasteiger partial charge in [-0.1, -0.05) is 18.2 Å². The van der Waals surface area contributed by atoms with Crippen LogP contribution < -0.4 is 10.2 Å². The second-order valence-corrected chi connectivity index (χ2v) is 9.86. The maximum atomic E-state index is 12.4. The van der Waals surface area contributed by atoms with Crippen LogP contribution in [0.3, 0.4) is 0 Å². The van der Waals surface area contributed by atoms with Crippen LogP contribution in [0.25, 0.3) is 22.3 Å². The summed E-state index contributed by atoms with van der Waals surface area (Å²) in [7, 11) is 0. The van der Waals surface area contributed by atoms with Crippen molar-refractivity contribution in [3.05, 3.63) is 48.0 Å². The highest BCUT2D eigenvalue weighted by Crippen LogP contribution is 2.35. The zero-order valence-electron chi connectivity index (χ0n) is 20.2. The molecule has 3 aliphatic rings. The molecule has 0 radical (unpaired) electrons. The first-order valence-corrected chi connectivity index (χ1v) is 12.5. The quantitative estimate of drug-likeness (QED) is 0.512. The Labute approximate surface area is 216 Å². The van der Waals surface area contributed by atoms with Crippen LogP contribution in [-0.2, 0) is 14.2 Å². The zero-order chi connectivity index (χ0) is 24.6. The number of aryl methyl sites for hydroxylation is 1. The first kappa shape index (κ1) is 23.0. The number of aromatic hydroxyl groups is 1. The van der Waals surface area contributed by atoms with Crippen molar-refractivity contribution < 1.29 is 31.2 Å². The van der Waals surface area contributed by atoms with E-state index in [1.54, 1.807) is 12.1 Å². The van der Waals surface area contributed by atoms with Gasteiger partial charge in [0.25, 0.3) is 0 Å². The number of anilines is 1. The molecule has 0 saturated carbocycles. The molecule has 36 heavy (non-hydrogen) atoms. The second-order valence-electron chi connectivity index (χ2n) is 9.86. The molecule has 3 aliphatic heterocycles. The minimum absolute atomic E-state index is 0. The Balaban J connectivity index is 0.00000168. The molecule has 4 atom stereocenters. The van der Waals surface area contributed by atoms with Crippen molar-refractivity contribution in [1.29, 1.82) is 0 Å². The third kappa shape index (κ3) is 4.44. The van der Waals surface area contributed by atoms with E-state index in [1.807, 2.05) is 25.1 Å². The molecule has 4 heterocycles. The van der Waals surface area contributed by atoms with Gasteiger partial charge in [-0.25, -0.2) is 14.8 Å². The number of nitrogens with zero attached hydrogens (tertiary/aromatic N) is 3. The van der Waals surface area contributed by atoms with Gasteiger partial charge in [-0.3, -0.25) is 0 Å². The molecule has 2 N–H and O–H groups in total. The van der Waals surface area contributed by atoms with E-state index < -0.39 is 6.09 Å². The number of fused-ring (bicyclic) bond motifs is 2. The van der Waals surface area contributed by atoms with Gasteiger partial charge in [0.15, 0.2) is 12.1 Å². The third-order valence-corrected chi connectivity index (χ3v) is 7.34. The number of ether oxygens (including phenoxy) is 3. The maximum Gasteiger partial charge on any atom is 0.407 e. The fourth-order valence-electron chi connectivity index (χ4n) is 5.39.